The van der Waals surface area contributed by atoms with E-state index in [2.05, 4.69) is 5.16 Å². The van der Waals surface area contributed by atoms with Crippen LogP contribution in [-0.2, 0) is 4.79 Å². The van der Waals surface area contributed by atoms with Crippen LogP contribution in [0, 0.1) is 6.92 Å². The van der Waals surface area contributed by atoms with Gasteiger partial charge in [-0.2, -0.15) is 0 Å². The summed E-state index contributed by atoms with van der Waals surface area (Å²) in [6.07, 6.45) is 0. The molecule has 0 bridgehead atoms. The summed E-state index contributed by atoms with van der Waals surface area (Å²) in [7, 11) is 1.74. The summed E-state index contributed by atoms with van der Waals surface area (Å²) in [5.74, 6) is 0.446. The van der Waals surface area contributed by atoms with Crippen LogP contribution in [0.5, 0.6) is 5.75 Å². The molecule has 1 N–H and O–H groups in total. The van der Waals surface area contributed by atoms with Crippen molar-refractivity contribution in [3.8, 4) is 5.75 Å². The van der Waals surface area contributed by atoms with Crippen molar-refractivity contribution in [1.29, 1.82) is 0 Å². The van der Waals surface area contributed by atoms with E-state index in [9.17, 15) is 4.79 Å². The normalized spacial score (nSPS) is 11.6. The predicted octanol–water partition coefficient (Wildman–Crippen LogP) is 2.44. The Morgan fingerprint density at radius 2 is 2.10 bits per heavy atom. The van der Waals surface area contributed by atoms with Gasteiger partial charge in [-0.1, -0.05) is 16.8 Å². The summed E-state index contributed by atoms with van der Waals surface area (Å²) in [5, 5.41) is 12.1. The molecule has 1 rings (SSSR count). The number of carbonyl (C=O) groups is 1. The Balaban J connectivity index is 2.86. The number of aryl methyl sites for hydroxylation is 1. The second kappa shape index (κ2) is 6.93. The van der Waals surface area contributed by atoms with Gasteiger partial charge in [-0.25, -0.2) is 0 Å². The number of carbonyl (C=O) groups excluding carboxylic acids is 1. The van der Waals surface area contributed by atoms with Gasteiger partial charge < -0.3 is 14.8 Å². The highest BCUT2D eigenvalue weighted by atomic mass is 16.5. The lowest BCUT2D eigenvalue weighted by molar-refractivity contribution is -0.133. The lowest BCUT2D eigenvalue weighted by Crippen LogP contribution is -2.36. The molecule has 0 aliphatic rings. The predicted molar refractivity (Wildman–Crippen MR) is 78.6 cm³/mol. The van der Waals surface area contributed by atoms with Gasteiger partial charge in [0, 0.05) is 18.7 Å². The van der Waals surface area contributed by atoms with E-state index in [1.165, 1.54) is 0 Å². The number of oxime groups is 1. The Hall–Kier alpha value is -2.04. The van der Waals surface area contributed by atoms with Crippen molar-refractivity contribution < 1.29 is 14.7 Å². The molecule has 1 aromatic rings. The number of rotatable bonds is 5. The highest BCUT2D eigenvalue weighted by Crippen LogP contribution is 2.21. The quantitative estimate of drug-likeness (QED) is 0.511. The number of hydrogen-bond donors (Lipinski definition) is 1. The molecule has 5 heteroatoms. The molecule has 0 aliphatic heterocycles. The fraction of sp³-hybridized carbons (Fsp3) is 0.467. The van der Waals surface area contributed by atoms with E-state index in [0.717, 1.165) is 5.56 Å². The third kappa shape index (κ3) is 3.98. The van der Waals surface area contributed by atoms with E-state index in [-0.39, 0.29) is 18.6 Å². The lowest BCUT2D eigenvalue weighted by atomic mass is 10.1. The SMILES string of the molecule is C/C(=N\O)c1cc(C)ccc1OCC(=O)N(C)C(C)C. The fourth-order valence-corrected chi connectivity index (χ4v) is 1.64. The van der Waals surface area contributed by atoms with Gasteiger partial charge in [0.25, 0.3) is 5.91 Å². The Bertz CT molecular complexity index is 510. The fourth-order valence-electron chi connectivity index (χ4n) is 1.64. The molecule has 0 heterocycles. The standard InChI is InChI=1S/C15H22N2O3/c1-10(2)17(5)15(18)9-20-14-7-6-11(3)8-13(14)12(4)16-19/h6-8,10,19H,9H2,1-5H3/b16-12+. The minimum absolute atomic E-state index is 0.0382. The van der Waals surface area contributed by atoms with Crippen LogP contribution in [0.25, 0.3) is 0 Å². The number of nitrogens with zero attached hydrogens (tertiary/aromatic N) is 2. The van der Waals surface area contributed by atoms with Gasteiger partial charge in [0.1, 0.15) is 5.75 Å². The molecular formula is C15H22N2O3. The van der Waals surface area contributed by atoms with Crippen molar-refractivity contribution in [3.05, 3.63) is 29.3 Å². The van der Waals surface area contributed by atoms with E-state index in [4.69, 9.17) is 9.94 Å². The maximum Gasteiger partial charge on any atom is 0.260 e. The number of benzene rings is 1. The molecule has 0 atom stereocenters. The van der Waals surface area contributed by atoms with Crippen molar-refractivity contribution in [2.75, 3.05) is 13.7 Å². The van der Waals surface area contributed by atoms with Gasteiger partial charge in [-0.05, 0) is 39.8 Å². The molecule has 0 saturated carbocycles. The Morgan fingerprint density at radius 3 is 2.65 bits per heavy atom. The van der Waals surface area contributed by atoms with Crippen molar-refractivity contribution >= 4 is 11.6 Å². The zero-order valence-electron chi connectivity index (χ0n) is 12.7. The summed E-state index contributed by atoms with van der Waals surface area (Å²) in [4.78, 5) is 13.5. The Kier molecular flexibility index (Phi) is 5.55. The van der Waals surface area contributed by atoms with E-state index < -0.39 is 0 Å². The third-order valence-corrected chi connectivity index (χ3v) is 3.19. The van der Waals surface area contributed by atoms with Crippen LogP contribution in [0.4, 0.5) is 0 Å². The van der Waals surface area contributed by atoms with Crippen LogP contribution in [0.3, 0.4) is 0 Å². The molecule has 0 unspecified atom stereocenters. The summed E-state index contributed by atoms with van der Waals surface area (Å²) in [6, 6.07) is 5.66. The van der Waals surface area contributed by atoms with Crippen molar-refractivity contribution in [2.24, 2.45) is 5.16 Å². The molecule has 1 amide bonds. The first-order chi connectivity index (χ1) is 9.36. The third-order valence-electron chi connectivity index (χ3n) is 3.19. The van der Waals surface area contributed by atoms with E-state index in [1.54, 1.807) is 24.9 Å². The zero-order chi connectivity index (χ0) is 15.3. The van der Waals surface area contributed by atoms with Crippen molar-refractivity contribution in [1.82, 2.24) is 4.90 Å². The average molecular weight is 278 g/mol. The van der Waals surface area contributed by atoms with Crippen LogP contribution in [0.15, 0.2) is 23.4 Å². The second-order valence-corrected chi connectivity index (χ2v) is 5.07. The maximum absolute atomic E-state index is 11.9. The van der Waals surface area contributed by atoms with Crippen LogP contribution in [-0.4, -0.2) is 41.4 Å². The molecule has 20 heavy (non-hydrogen) atoms. The number of hydrogen-bond acceptors (Lipinski definition) is 4. The number of amides is 1. The monoisotopic (exact) mass is 278 g/mol. The van der Waals surface area contributed by atoms with E-state index in [1.807, 2.05) is 32.9 Å². The lowest BCUT2D eigenvalue weighted by Gasteiger charge is -2.21. The van der Waals surface area contributed by atoms with Crippen LogP contribution in [0.1, 0.15) is 31.9 Å². The Morgan fingerprint density at radius 1 is 1.45 bits per heavy atom. The molecular weight excluding hydrogens is 256 g/mol. The smallest absolute Gasteiger partial charge is 0.260 e. The van der Waals surface area contributed by atoms with Crippen LogP contribution < -0.4 is 4.74 Å². The van der Waals surface area contributed by atoms with Crippen LogP contribution in [0.2, 0.25) is 0 Å². The van der Waals surface area contributed by atoms with Gasteiger partial charge in [0.15, 0.2) is 6.61 Å². The second-order valence-electron chi connectivity index (χ2n) is 5.07. The molecule has 0 aliphatic carbocycles. The summed E-state index contributed by atoms with van der Waals surface area (Å²) < 4.78 is 5.57. The van der Waals surface area contributed by atoms with Gasteiger partial charge >= 0.3 is 0 Å². The summed E-state index contributed by atoms with van der Waals surface area (Å²) in [6.45, 7) is 7.47. The topological polar surface area (TPSA) is 62.1 Å². The van der Waals surface area contributed by atoms with E-state index >= 15 is 0 Å². The Labute approximate surface area is 119 Å². The first kappa shape index (κ1) is 16.0. The van der Waals surface area contributed by atoms with Crippen molar-refractivity contribution in [2.45, 2.75) is 33.7 Å². The highest BCUT2D eigenvalue weighted by molar-refractivity contribution is 6.01. The molecule has 0 fully saturated rings. The minimum atomic E-state index is -0.0925. The molecule has 110 valence electrons. The maximum atomic E-state index is 11.9. The first-order valence-corrected chi connectivity index (χ1v) is 6.55. The summed E-state index contributed by atoms with van der Waals surface area (Å²) in [5.41, 5.74) is 2.17. The zero-order valence-corrected chi connectivity index (χ0v) is 12.7. The number of ether oxygens (including phenoxy) is 1. The van der Waals surface area contributed by atoms with E-state index in [0.29, 0.717) is 17.0 Å². The van der Waals surface area contributed by atoms with Gasteiger partial charge in [-0.3, -0.25) is 4.79 Å². The molecule has 0 aromatic heterocycles. The average Bonchev–Trinajstić information content (AvgIpc) is 2.43. The highest BCUT2D eigenvalue weighted by Gasteiger charge is 2.14. The van der Waals surface area contributed by atoms with Crippen molar-refractivity contribution in [3.63, 3.8) is 0 Å². The molecule has 0 saturated heterocycles. The molecule has 0 radical (unpaired) electrons. The summed E-state index contributed by atoms with van der Waals surface area (Å²) >= 11 is 0. The minimum Gasteiger partial charge on any atom is -0.483 e. The van der Waals surface area contributed by atoms with Gasteiger partial charge in [0.05, 0.1) is 5.71 Å². The van der Waals surface area contributed by atoms with Gasteiger partial charge in [0.2, 0.25) is 0 Å². The molecule has 5 nitrogen and oxygen atoms in total. The number of likely N-dealkylation sites (N-methyl/N-ethyl adjacent to an activating group) is 1. The van der Waals surface area contributed by atoms with Crippen LogP contribution >= 0.6 is 0 Å². The largest absolute Gasteiger partial charge is 0.483 e. The molecule has 0 spiro atoms. The van der Waals surface area contributed by atoms with Gasteiger partial charge in [-0.15, -0.1) is 0 Å². The molecule has 1 aromatic carbocycles. The first-order valence-electron chi connectivity index (χ1n) is 6.55.